The maximum atomic E-state index is 6.47. The molecule has 0 aliphatic carbocycles. The second-order valence-corrected chi connectivity index (χ2v) is 13.5. The van der Waals surface area contributed by atoms with Gasteiger partial charge in [0.1, 0.15) is 11.2 Å². The number of thiophene rings is 1. The molecule has 0 atom stereocenters. The Balaban J connectivity index is 1.28. The number of hydrogen-bond acceptors (Lipinski definition) is 3. The highest BCUT2D eigenvalue weighted by molar-refractivity contribution is 7.25. The first-order chi connectivity index (χ1) is 24.3. The van der Waals surface area contributed by atoms with Crippen LogP contribution >= 0.6 is 11.3 Å². The normalized spacial score (nSPS) is 11.7. The maximum absolute atomic E-state index is 6.47. The van der Waals surface area contributed by atoms with Gasteiger partial charge in [0, 0.05) is 53.8 Å². The molecule has 2 nitrogen and oxygen atoms in total. The molecule has 3 heteroatoms. The van der Waals surface area contributed by atoms with E-state index in [-0.39, 0.29) is 0 Å². The van der Waals surface area contributed by atoms with Crippen LogP contribution in [0.15, 0.2) is 180 Å². The Morgan fingerprint density at radius 1 is 0.388 bits per heavy atom. The fourth-order valence-electron chi connectivity index (χ4n) is 7.51. The largest absolute Gasteiger partial charge is 0.456 e. The van der Waals surface area contributed by atoms with Crippen molar-refractivity contribution in [1.82, 2.24) is 0 Å². The topological polar surface area (TPSA) is 16.4 Å². The highest BCUT2D eigenvalue weighted by atomic mass is 32.1. The Morgan fingerprint density at radius 3 is 1.82 bits per heavy atom. The number of hydrogen-bond donors (Lipinski definition) is 0. The first kappa shape index (κ1) is 27.9. The minimum Gasteiger partial charge on any atom is -0.456 e. The second-order valence-electron chi connectivity index (χ2n) is 12.5. The van der Waals surface area contributed by atoms with Crippen LogP contribution in [0.2, 0.25) is 0 Å². The summed E-state index contributed by atoms with van der Waals surface area (Å²) in [5.74, 6) is 0. The first-order valence-electron chi connectivity index (χ1n) is 16.6. The van der Waals surface area contributed by atoms with Gasteiger partial charge in [0.15, 0.2) is 0 Å². The van der Waals surface area contributed by atoms with Gasteiger partial charge in [-0.3, -0.25) is 0 Å². The van der Waals surface area contributed by atoms with E-state index in [9.17, 15) is 0 Å². The molecule has 0 saturated heterocycles. The van der Waals surface area contributed by atoms with Crippen LogP contribution in [0.3, 0.4) is 0 Å². The molecular formula is C46H29NOS. The molecule has 0 fully saturated rings. The van der Waals surface area contributed by atoms with E-state index in [1.165, 1.54) is 47.6 Å². The third-order valence-electron chi connectivity index (χ3n) is 9.68. The summed E-state index contributed by atoms with van der Waals surface area (Å²) in [4.78, 5) is 2.42. The molecule has 49 heavy (non-hydrogen) atoms. The average molecular weight is 644 g/mol. The molecule has 0 saturated carbocycles. The van der Waals surface area contributed by atoms with Crippen molar-refractivity contribution in [3.05, 3.63) is 176 Å². The van der Waals surface area contributed by atoms with Crippen molar-refractivity contribution in [1.29, 1.82) is 0 Å². The van der Waals surface area contributed by atoms with Crippen LogP contribution in [-0.2, 0) is 0 Å². The quantitative estimate of drug-likeness (QED) is 0.186. The van der Waals surface area contributed by atoms with Crippen LogP contribution in [0.25, 0.3) is 75.1 Å². The number of rotatable bonds is 5. The monoisotopic (exact) mass is 643 g/mol. The van der Waals surface area contributed by atoms with E-state index in [1.54, 1.807) is 0 Å². The SMILES string of the molecule is c1ccc(N(c2ccc3c(c2)oc2ccccc23)c2ccccc2-c2cccc3sc4ccccc4c23)c(-c2cccc3ccccc23)c1. The zero-order valence-electron chi connectivity index (χ0n) is 26.5. The molecule has 10 aromatic rings. The number of nitrogens with zero attached hydrogens (tertiary/aromatic N) is 1. The molecule has 0 aliphatic rings. The number of benzene rings is 8. The van der Waals surface area contributed by atoms with Crippen LogP contribution in [0.4, 0.5) is 17.1 Å². The molecule has 2 heterocycles. The van der Waals surface area contributed by atoms with Crippen LogP contribution in [-0.4, -0.2) is 0 Å². The summed E-state index contributed by atoms with van der Waals surface area (Å²) >= 11 is 1.86. The van der Waals surface area contributed by atoms with Gasteiger partial charge < -0.3 is 9.32 Å². The Kier molecular flexibility index (Phi) is 6.39. The molecule has 0 radical (unpaired) electrons. The Hall–Kier alpha value is -6.16. The zero-order valence-corrected chi connectivity index (χ0v) is 27.3. The van der Waals surface area contributed by atoms with Gasteiger partial charge in [0.2, 0.25) is 0 Å². The van der Waals surface area contributed by atoms with E-state index in [0.717, 1.165) is 44.6 Å². The third-order valence-corrected chi connectivity index (χ3v) is 10.8. The molecule has 0 unspecified atom stereocenters. The van der Waals surface area contributed by atoms with Crippen molar-refractivity contribution in [3.8, 4) is 22.3 Å². The van der Waals surface area contributed by atoms with Crippen LogP contribution in [0.5, 0.6) is 0 Å². The number of fused-ring (bicyclic) bond motifs is 7. The van der Waals surface area contributed by atoms with Crippen LogP contribution in [0.1, 0.15) is 0 Å². The standard InChI is InChI=1S/C46H29NOS/c1-2-15-32-30(13-1)14-11-20-33(32)34-16-3-7-22-40(34)47(31-27-28-37-36-18-5-9-24-42(36)48-43(37)29-31)41-23-8-4-17-35(41)38-21-12-26-45-46(38)39-19-6-10-25-44(39)49-45/h1-29H. The van der Waals surface area contributed by atoms with Crippen molar-refractivity contribution >= 4 is 81.3 Å². The Labute approximate surface area is 287 Å². The Bertz CT molecular complexity index is 2850. The van der Waals surface area contributed by atoms with E-state index in [0.29, 0.717) is 0 Å². The Morgan fingerprint density at radius 2 is 0.959 bits per heavy atom. The zero-order chi connectivity index (χ0) is 32.3. The van der Waals surface area contributed by atoms with Crippen LogP contribution in [0, 0.1) is 0 Å². The second kappa shape index (κ2) is 11.2. The van der Waals surface area contributed by atoms with E-state index in [1.807, 2.05) is 23.5 Å². The smallest absolute Gasteiger partial charge is 0.137 e. The highest BCUT2D eigenvalue weighted by Gasteiger charge is 2.23. The lowest BCUT2D eigenvalue weighted by molar-refractivity contribution is 0.669. The molecule has 0 bridgehead atoms. The van der Waals surface area contributed by atoms with Gasteiger partial charge >= 0.3 is 0 Å². The predicted octanol–water partition coefficient (Wildman–Crippen LogP) is 13.9. The van der Waals surface area contributed by atoms with Gasteiger partial charge in [0.05, 0.1) is 11.4 Å². The van der Waals surface area contributed by atoms with Gasteiger partial charge in [-0.25, -0.2) is 0 Å². The maximum Gasteiger partial charge on any atom is 0.137 e. The fraction of sp³-hybridized carbons (Fsp3) is 0. The van der Waals surface area contributed by atoms with Gasteiger partial charge in [-0.1, -0.05) is 127 Å². The van der Waals surface area contributed by atoms with E-state index < -0.39 is 0 Å². The van der Waals surface area contributed by atoms with Crippen molar-refractivity contribution < 1.29 is 4.42 Å². The van der Waals surface area contributed by atoms with Crippen LogP contribution < -0.4 is 4.90 Å². The van der Waals surface area contributed by atoms with Gasteiger partial charge in [-0.05, 0) is 64.4 Å². The summed E-state index contributed by atoms with van der Waals surface area (Å²) in [7, 11) is 0. The number of anilines is 3. The van der Waals surface area contributed by atoms with Gasteiger partial charge in [-0.15, -0.1) is 11.3 Å². The molecular weight excluding hydrogens is 615 g/mol. The molecule has 0 amide bonds. The summed E-state index contributed by atoms with van der Waals surface area (Å²) < 4.78 is 9.07. The summed E-state index contributed by atoms with van der Waals surface area (Å²) in [6.45, 7) is 0. The van der Waals surface area contributed by atoms with Gasteiger partial charge in [0.25, 0.3) is 0 Å². The fourth-order valence-corrected chi connectivity index (χ4v) is 8.65. The molecule has 10 rings (SSSR count). The average Bonchev–Trinajstić information content (AvgIpc) is 3.73. The molecule has 0 spiro atoms. The lowest BCUT2D eigenvalue weighted by atomic mass is 9.94. The molecule has 0 aliphatic heterocycles. The first-order valence-corrected chi connectivity index (χ1v) is 17.4. The third kappa shape index (κ3) is 4.47. The lowest BCUT2D eigenvalue weighted by Crippen LogP contribution is -2.12. The molecule has 230 valence electrons. The van der Waals surface area contributed by atoms with Crippen molar-refractivity contribution in [2.45, 2.75) is 0 Å². The summed E-state index contributed by atoms with van der Waals surface area (Å²) in [6.07, 6.45) is 0. The molecule has 2 aromatic heterocycles. The van der Waals surface area contributed by atoms with E-state index in [2.05, 4.69) is 169 Å². The number of para-hydroxylation sites is 3. The summed E-state index contributed by atoms with van der Waals surface area (Å²) in [5.41, 5.74) is 9.78. The molecule has 8 aromatic carbocycles. The lowest BCUT2D eigenvalue weighted by Gasteiger charge is -2.30. The number of furan rings is 1. The summed E-state index contributed by atoms with van der Waals surface area (Å²) in [6, 6.07) is 63.3. The van der Waals surface area contributed by atoms with Gasteiger partial charge in [-0.2, -0.15) is 0 Å². The summed E-state index contributed by atoms with van der Waals surface area (Å²) in [5, 5.41) is 7.28. The van der Waals surface area contributed by atoms with E-state index >= 15 is 0 Å². The van der Waals surface area contributed by atoms with Crippen molar-refractivity contribution in [3.63, 3.8) is 0 Å². The highest BCUT2D eigenvalue weighted by Crippen LogP contribution is 2.49. The molecule has 0 N–H and O–H groups in total. The minimum absolute atomic E-state index is 0.870. The van der Waals surface area contributed by atoms with E-state index in [4.69, 9.17) is 4.42 Å². The van der Waals surface area contributed by atoms with Crippen molar-refractivity contribution in [2.75, 3.05) is 4.90 Å². The van der Waals surface area contributed by atoms with Crippen molar-refractivity contribution in [2.24, 2.45) is 0 Å². The predicted molar refractivity (Wildman–Crippen MR) is 210 cm³/mol. The minimum atomic E-state index is 0.870.